The Labute approximate surface area is 132 Å². The van der Waals surface area contributed by atoms with Crippen molar-refractivity contribution in [2.75, 3.05) is 31.1 Å². The van der Waals surface area contributed by atoms with E-state index < -0.39 is 5.60 Å². The summed E-state index contributed by atoms with van der Waals surface area (Å²) in [6, 6.07) is 4.00. The van der Waals surface area contributed by atoms with Crippen molar-refractivity contribution in [1.29, 1.82) is 0 Å². The van der Waals surface area contributed by atoms with Crippen molar-refractivity contribution in [3.05, 3.63) is 30.0 Å². The fourth-order valence-corrected chi connectivity index (χ4v) is 2.41. The molecule has 0 aromatic carbocycles. The lowest BCUT2D eigenvalue weighted by Gasteiger charge is -2.36. The smallest absolute Gasteiger partial charge is 0.410 e. The first kappa shape index (κ1) is 16.3. The average molecular weight is 303 g/mol. The molecule has 0 unspecified atom stereocenters. The largest absolute Gasteiger partial charge is 0.444 e. The molecule has 5 heteroatoms. The SMILES string of the molecule is CC=Cc1cccnc1N1CCN(C(=O)OC(C)(C)C)CC1. The molecule has 2 rings (SSSR count). The summed E-state index contributed by atoms with van der Waals surface area (Å²) in [5.41, 5.74) is 0.657. The van der Waals surface area contributed by atoms with Crippen LogP contribution in [0.2, 0.25) is 0 Å². The van der Waals surface area contributed by atoms with Gasteiger partial charge in [-0.15, -0.1) is 0 Å². The third-order valence-corrected chi connectivity index (χ3v) is 3.39. The van der Waals surface area contributed by atoms with Crippen LogP contribution in [0.5, 0.6) is 0 Å². The van der Waals surface area contributed by atoms with E-state index in [9.17, 15) is 4.79 Å². The molecule has 0 radical (unpaired) electrons. The molecule has 1 aromatic rings. The van der Waals surface area contributed by atoms with Gasteiger partial charge in [-0.3, -0.25) is 0 Å². The Morgan fingerprint density at radius 3 is 2.55 bits per heavy atom. The van der Waals surface area contributed by atoms with Gasteiger partial charge in [-0.1, -0.05) is 12.2 Å². The maximum atomic E-state index is 12.1. The highest BCUT2D eigenvalue weighted by molar-refractivity contribution is 5.69. The molecule has 1 saturated heterocycles. The number of carbonyl (C=O) groups is 1. The van der Waals surface area contributed by atoms with Crippen LogP contribution >= 0.6 is 0 Å². The molecule has 1 aliphatic rings. The van der Waals surface area contributed by atoms with Gasteiger partial charge in [-0.2, -0.15) is 0 Å². The van der Waals surface area contributed by atoms with E-state index in [1.165, 1.54) is 0 Å². The molecule has 0 aliphatic carbocycles. The van der Waals surface area contributed by atoms with Gasteiger partial charge in [-0.25, -0.2) is 9.78 Å². The summed E-state index contributed by atoms with van der Waals surface area (Å²) in [5, 5.41) is 0. The molecule has 0 bridgehead atoms. The Morgan fingerprint density at radius 2 is 1.95 bits per heavy atom. The summed E-state index contributed by atoms with van der Waals surface area (Å²) in [6.45, 7) is 10.5. The van der Waals surface area contributed by atoms with Crippen LogP contribution in [0.1, 0.15) is 33.3 Å². The van der Waals surface area contributed by atoms with Crippen molar-refractivity contribution in [1.82, 2.24) is 9.88 Å². The molecule has 22 heavy (non-hydrogen) atoms. The van der Waals surface area contributed by atoms with E-state index in [2.05, 4.69) is 22.0 Å². The lowest BCUT2D eigenvalue weighted by Crippen LogP contribution is -2.50. The van der Waals surface area contributed by atoms with Crippen LogP contribution < -0.4 is 4.90 Å². The van der Waals surface area contributed by atoms with Crippen molar-refractivity contribution >= 4 is 18.0 Å². The van der Waals surface area contributed by atoms with Gasteiger partial charge in [-0.05, 0) is 39.8 Å². The number of amides is 1. The maximum Gasteiger partial charge on any atom is 0.410 e. The van der Waals surface area contributed by atoms with E-state index in [0.717, 1.165) is 24.5 Å². The molecule has 1 aromatic heterocycles. The van der Waals surface area contributed by atoms with E-state index in [-0.39, 0.29) is 6.09 Å². The number of anilines is 1. The van der Waals surface area contributed by atoms with E-state index in [0.29, 0.717) is 13.1 Å². The summed E-state index contributed by atoms with van der Waals surface area (Å²) in [4.78, 5) is 20.6. The number of carbonyl (C=O) groups excluding carboxylic acids is 1. The standard InChI is InChI=1S/C17H25N3O2/c1-5-7-14-8-6-9-18-15(14)19-10-12-20(13-11-19)16(21)22-17(2,3)4/h5-9H,10-13H2,1-4H3. The number of aromatic nitrogens is 1. The first-order valence-corrected chi connectivity index (χ1v) is 7.71. The van der Waals surface area contributed by atoms with Crippen LogP contribution in [0.3, 0.4) is 0 Å². The minimum Gasteiger partial charge on any atom is -0.444 e. The van der Waals surface area contributed by atoms with E-state index >= 15 is 0 Å². The Hall–Kier alpha value is -2.04. The molecule has 1 aliphatic heterocycles. The molecule has 0 N–H and O–H groups in total. The van der Waals surface area contributed by atoms with Gasteiger partial charge in [0.1, 0.15) is 11.4 Å². The third kappa shape index (κ3) is 4.23. The predicted molar refractivity (Wildman–Crippen MR) is 89.0 cm³/mol. The number of hydrogen-bond donors (Lipinski definition) is 0. The second-order valence-electron chi connectivity index (χ2n) is 6.37. The fraction of sp³-hybridized carbons (Fsp3) is 0.529. The predicted octanol–water partition coefficient (Wildman–Crippen LogP) is 3.17. The highest BCUT2D eigenvalue weighted by Crippen LogP contribution is 2.21. The maximum absolute atomic E-state index is 12.1. The lowest BCUT2D eigenvalue weighted by molar-refractivity contribution is 0.0240. The van der Waals surface area contributed by atoms with Gasteiger partial charge in [0.05, 0.1) is 0 Å². The number of piperazine rings is 1. The second kappa shape index (κ2) is 6.81. The fourth-order valence-electron chi connectivity index (χ4n) is 2.41. The molecular weight excluding hydrogens is 278 g/mol. The third-order valence-electron chi connectivity index (χ3n) is 3.39. The molecule has 0 atom stereocenters. The van der Waals surface area contributed by atoms with Crippen LogP contribution in [0.25, 0.3) is 6.08 Å². The number of ether oxygens (including phenoxy) is 1. The van der Waals surface area contributed by atoms with Crippen LogP contribution in [0.4, 0.5) is 10.6 Å². The average Bonchev–Trinajstić information content (AvgIpc) is 2.47. The zero-order chi connectivity index (χ0) is 16.2. The van der Waals surface area contributed by atoms with Gasteiger partial charge in [0.2, 0.25) is 0 Å². The van der Waals surface area contributed by atoms with Crippen molar-refractivity contribution in [3.63, 3.8) is 0 Å². The molecule has 120 valence electrons. The monoisotopic (exact) mass is 303 g/mol. The summed E-state index contributed by atoms with van der Waals surface area (Å²) in [5.74, 6) is 0.976. The lowest BCUT2D eigenvalue weighted by atomic mass is 10.2. The Morgan fingerprint density at radius 1 is 1.27 bits per heavy atom. The van der Waals surface area contributed by atoms with Gasteiger partial charge in [0, 0.05) is 37.9 Å². The van der Waals surface area contributed by atoms with Crippen LogP contribution in [0.15, 0.2) is 24.4 Å². The van der Waals surface area contributed by atoms with Gasteiger partial charge in [0.15, 0.2) is 0 Å². The summed E-state index contributed by atoms with van der Waals surface area (Å²) in [6.07, 6.45) is 5.64. The minimum absolute atomic E-state index is 0.234. The normalized spacial score (nSPS) is 16.2. The molecule has 0 saturated carbocycles. The zero-order valence-corrected chi connectivity index (χ0v) is 13.9. The van der Waals surface area contributed by atoms with E-state index in [4.69, 9.17) is 4.74 Å². The molecule has 0 spiro atoms. The Balaban J connectivity index is 1.99. The summed E-state index contributed by atoms with van der Waals surface area (Å²) < 4.78 is 5.42. The van der Waals surface area contributed by atoms with Crippen molar-refractivity contribution in [3.8, 4) is 0 Å². The zero-order valence-electron chi connectivity index (χ0n) is 13.9. The summed E-state index contributed by atoms with van der Waals surface area (Å²) in [7, 11) is 0. The highest BCUT2D eigenvalue weighted by Gasteiger charge is 2.26. The van der Waals surface area contributed by atoms with Crippen LogP contribution in [-0.4, -0.2) is 47.8 Å². The van der Waals surface area contributed by atoms with E-state index in [1.54, 1.807) is 4.90 Å². The van der Waals surface area contributed by atoms with Gasteiger partial charge < -0.3 is 14.5 Å². The summed E-state index contributed by atoms with van der Waals surface area (Å²) >= 11 is 0. The number of allylic oxidation sites excluding steroid dienone is 1. The second-order valence-corrected chi connectivity index (χ2v) is 6.37. The molecule has 5 nitrogen and oxygen atoms in total. The quantitative estimate of drug-likeness (QED) is 0.842. The van der Waals surface area contributed by atoms with Gasteiger partial charge >= 0.3 is 6.09 Å². The number of pyridine rings is 1. The van der Waals surface area contributed by atoms with E-state index in [1.807, 2.05) is 46.0 Å². The number of hydrogen-bond acceptors (Lipinski definition) is 4. The highest BCUT2D eigenvalue weighted by atomic mass is 16.6. The first-order valence-electron chi connectivity index (χ1n) is 7.71. The Bertz CT molecular complexity index is 541. The van der Waals surface area contributed by atoms with Crippen LogP contribution in [-0.2, 0) is 4.74 Å². The molecule has 1 fully saturated rings. The van der Waals surface area contributed by atoms with Crippen molar-refractivity contribution < 1.29 is 9.53 Å². The van der Waals surface area contributed by atoms with Gasteiger partial charge in [0.25, 0.3) is 0 Å². The topological polar surface area (TPSA) is 45.7 Å². The number of rotatable bonds is 2. The number of nitrogens with zero attached hydrogens (tertiary/aromatic N) is 3. The van der Waals surface area contributed by atoms with Crippen LogP contribution in [0, 0.1) is 0 Å². The van der Waals surface area contributed by atoms with Crippen molar-refractivity contribution in [2.24, 2.45) is 0 Å². The molecule has 1 amide bonds. The first-order chi connectivity index (χ1) is 10.4. The van der Waals surface area contributed by atoms with Crippen molar-refractivity contribution in [2.45, 2.75) is 33.3 Å². The minimum atomic E-state index is -0.450. The molecular formula is C17H25N3O2. The molecule has 2 heterocycles. The Kier molecular flexibility index (Phi) is 5.06.